The zero-order valence-electron chi connectivity index (χ0n) is 15.1. The molecule has 4 bridgehead atoms. The summed E-state index contributed by atoms with van der Waals surface area (Å²) in [6.45, 7) is 1.42. The van der Waals surface area contributed by atoms with Crippen molar-refractivity contribution in [2.24, 2.45) is 17.3 Å². The van der Waals surface area contributed by atoms with E-state index in [0.29, 0.717) is 37.2 Å². The highest BCUT2D eigenvalue weighted by atomic mass is 19.1. The van der Waals surface area contributed by atoms with E-state index < -0.39 is 40.6 Å². The van der Waals surface area contributed by atoms with Crippen LogP contribution in [0.15, 0.2) is 18.2 Å². The van der Waals surface area contributed by atoms with E-state index >= 15 is 0 Å². The van der Waals surface area contributed by atoms with Crippen molar-refractivity contribution in [2.75, 3.05) is 5.32 Å². The van der Waals surface area contributed by atoms with Gasteiger partial charge < -0.3 is 15.2 Å². The summed E-state index contributed by atoms with van der Waals surface area (Å²) >= 11 is 0. The van der Waals surface area contributed by atoms with E-state index in [0.717, 1.165) is 31.4 Å². The van der Waals surface area contributed by atoms with Crippen LogP contribution >= 0.6 is 0 Å². The molecule has 4 fully saturated rings. The summed E-state index contributed by atoms with van der Waals surface area (Å²) in [5.74, 6) is -2.15. The molecule has 5 nitrogen and oxygen atoms in total. The minimum atomic E-state index is -1.12. The predicted molar refractivity (Wildman–Crippen MR) is 92.6 cm³/mol. The van der Waals surface area contributed by atoms with Gasteiger partial charge in [-0.1, -0.05) is 0 Å². The zero-order chi connectivity index (χ0) is 19.4. The minimum absolute atomic E-state index is 0.173. The number of anilines is 1. The van der Waals surface area contributed by atoms with Crippen LogP contribution in [-0.4, -0.2) is 28.7 Å². The maximum Gasteiger partial charge on any atom is 0.312 e. The number of aliphatic hydroxyl groups is 1. The predicted octanol–water partition coefficient (Wildman–Crippen LogP) is 3.17. The minimum Gasteiger partial charge on any atom is -0.452 e. The number of amides is 1. The second-order valence-electron chi connectivity index (χ2n) is 8.63. The first-order valence-corrected chi connectivity index (χ1v) is 9.37. The van der Waals surface area contributed by atoms with Crippen molar-refractivity contribution in [1.82, 2.24) is 0 Å². The van der Waals surface area contributed by atoms with Gasteiger partial charge in [-0.15, -0.1) is 0 Å². The molecule has 27 heavy (non-hydrogen) atoms. The van der Waals surface area contributed by atoms with Gasteiger partial charge in [-0.05, 0) is 69.4 Å². The van der Waals surface area contributed by atoms with Gasteiger partial charge in [-0.3, -0.25) is 9.59 Å². The second kappa shape index (κ2) is 6.26. The van der Waals surface area contributed by atoms with Crippen LogP contribution in [0.2, 0.25) is 0 Å². The Labute approximate surface area is 156 Å². The Balaban J connectivity index is 1.42. The van der Waals surface area contributed by atoms with Crippen LogP contribution in [0.25, 0.3) is 0 Å². The summed E-state index contributed by atoms with van der Waals surface area (Å²) in [5, 5.41) is 13.1. The summed E-state index contributed by atoms with van der Waals surface area (Å²) in [6.07, 6.45) is 3.14. The average Bonchev–Trinajstić information content (AvgIpc) is 2.55. The molecule has 0 spiro atoms. The van der Waals surface area contributed by atoms with E-state index in [2.05, 4.69) is 5.32 Å². The highest BCUT2D eigenvalue weighted by Crippen LogP contribution is 2.62. The summed E-state index contributed by atoms with van der Waals surface area (Å²) in [4.78, 5) is 25.2. The number of ether oxygens (including phenoxy) is 1. The van der Waals surface area contributed by atoms with Gasteiger partial charge in [0, 0.05) is 6.07 Å². The monoisotopic (exact) mass is 379 g/mol. The van der Waals surface area contributed by atoms with Crippen molar-refractivity contribution in [3.63, 3.8) is 0 Å². The maximum atomic E-state index is 13.7. The van der Waals surface area contributed by atoms with Crippen LogP contribution in [0.5, 0.6) is 0 Å². The number of carbonyl (C=O) groups excluding carboxylic acids is 2. The van der Waals surface area contributed by atoms with Gasteiger partial charge in [0.25, 0.3) is 5.91 Å². The quantitative estimate of drug-likeness (QED) is 0.788. The number of esters is 1. The number of rotatable bonds is 4. The molecule has 4 saturated carbocycles. The summed E-state index contributed by atoms with van der Waals surface area (Å²) in [5.41, 5.74) is -1.70. The molecular formula is C20H23F2NO4. The fourth-order valence-corrected chi connectivity index (χ4v) is 5.62. The maximum absolute atomic E-state index is 13.7. The third-order valence-electron chi connectivity index (χ3n) is 6.31. The van der Waals surface area contributed by atoms with Crippen molar-refractivity contribution >= 4 is 17.6 Å². The molecule has 5 rings (SSSR count). The largest absolute Gasteiger partial charge is 0.452 e. The summed E-state index contributed by atoms with van der Waals surface area (Å²) in [7, 11) is 0. The summed E-state index contributed by atoms with van der Waals surface area (Å²) in [6, 6.07) is 2.82. The molecule has 4 aliphatic carbocycles. The van der Waals surface area contributed by atoms with E-state index in [1.807, 2.05) is 0 Å². The lowest BCUT2D eigenvalue weighted by Gasteiger charge is -2.58. The average molecular weight is 379 g/mol. The number of benzene rings is 1. The lowest BCUT2D eigenvalue weighted by Crippen LogP contribution is -2.59. The van der Waals surface area contributed by atoms with E-state index in [9.17, 15) is 23.5 Å². The lowest BCUT2D eigenvalue weighted by atomic mass is 9.48. The molecule has 146 valence electrons. The van der Waals surface area contributed by atoms with Crippen molar-refractivity contribution < 1.29 is 28.2 Å². The van der Waals surface area contributed by atoms with Crippen molar-refractivity contribution in [2.45, 2.75) is 57.2 Å². The van der Waals surface area contributed by atoms with Crippen LogP contribution in [0.1, 0.15) is 45.4 Å². The molecule has 2 unspecified atom stereocenters. The molecule has 7 heteroatoms. The first-order chi connectivity index (χ1) is 12.7. The Morgan fingerprint density at radius 3 is 2.48 bits per heavy atom. The van der Waals surface area contributed by atoms with Gasteiger partial charge in [0.05, 0.1) is 16.7 Å². The Bertz CT molecular complexity index is 782. The van der Waals surface area contributed by atoms with Gasteiger partial charge >= 0.3 is 5.97 Å². The van der Waals surface area contributed by atoms with Crippen LogP contribution in [-0.2, 0) is 14.3 Å². The number of hydrogen-bond donors (Lipinski definition) is 2. The van der Waals surface area contributed by atoms with E-state index in [4.69, 9.17) is 4.74 Å². The molecular weight excluding hydrogens is 356 g/mol. The van der Waals surface area contributed by atoms with Gasteiger partial charge in [-0.2, -0.15) is 0 Å². The second-order valence-corrected chi connectivity index (χ2v) is 8.63. The van der Waals surface area contributed by atoms with Crippen molar-refractivity contribution in [3.05, 3.63) is 29.8 Å². The molecule has 0 aromatic heterocycles. The number of hydrogen-bond acceptors (Lipinski definition) is 4. The fraction of sp³-hybridized carbons (Fsp3) is 0.600. The molecule has 1 aromatic rings. The Hall–Kier alpha value is -2.02. The van der Waals surface area contributed by atoms with E-state index in [1.54, 1.807) is 0 Å². The van der Waals surface area contributed by atoms with E-state index in [-0.39, 0.29) is 5.69 Å². The van der Waals surface area contributed by atoms with Crippen LogP contribution in [0, 0.1) is 28.9 Å². The normalized spacial score (nSPS) is 35.0. The Morgan fingerprint density at radius 2 is 1.89 bits per heavy atom. The molecule has 0 radical (unpaired) electrons. The highest BCUT2D eigenvalue weighted by Gasteiger charge is 2.61. The standard InChI is InChI=1S/C20H23F2NO4/c1-11(17(24)23-16-3-2-14(21)5-15(16)22)27-18(25)19-6-12-4-13(7-19)9-20(26,8-12)10-19/h2-3,5,11-13,26H,4,6-10H2,1H3,(H,23,24)/t11-,12-,13+,19?,20?/m0/s1. The van der Waals surface area contributed by atoms with E-state index in [1.165, 1.54) is 6.92 Å². The topological polar surface area (TPSA) is 75.6 Å². The highest BCUT2D eigenvalue weighted by molar-refractivity contribution is 5.95. The molecule has 0 saturated heterocycles. The number of nitrogens with one attached hydrogen (secondary N) is 1. The molecule has 0 heterocycles. The molecule has 1 aromatic carbocycles. The van der Waals surface area contributed by atoms with Gasteiger partial charge in [0.15, 0.2) is 6.10 Å². The first kappa shape index (κ1) is 18.3. The van der Waals surface area contributed by atoms with Crippen molar-refractivity contribution in [3.8, 4) is 0 Å². The van der Waals surface area contributed by atoms with Crippen LogP contribution < -0.4 is 5.32 Å². The van der Waals surface area contributed by atoms with Crippen LogP contribution in [0.4, 0.5) is 14.5 Å². The Morgan fingerprint density at radius 1 is 1.22 bits per heavy atom. The molecule has 5 atom stereocenters. The lowest BCUT2D eigenvalue weighted by molar-refractivity contribution is -0.199. The molecule has 0 aliphatic heterocycles. The Kier molecular flexibility index (Phi) is 4.25. The SMILES string of the molecule is C[C@H](OC(=O)C12C[C@@H]3C[C@@H](CC(O)(C3)C1)C2)C(=O)Nc1ccc(F)cc1F. The van der Waals surface area contributed by atoms with Gasteiger partial charge in [0.1, 0.15) is 11.6 Å². The number of carbonyl (C=O) groups is 2. The molecule has 1 amide bonds. The van der Waals surface area contributed by atoms with Gasteiger partial charge in [-0.25, -0.2) is 8.78 Å². The third kappa shape index (κ3) is 3.33. The van der Waals surface area contributed by atoms with Crippen LogP contribution in [0.3, 0.4) is 0 Å². The van der Waals surface area contributed by atoms with Gasteiger partial charge in [0.2, 0.25) is 0 Å². The number of halogens is 2. The molecule has 4 aliphatic rings. The summed E-state index contributed by atoms with van der Waals surface area (Å²) < 4.78 is 32.1. The molecule has 2 N–H and O–H groups in total. The first-order valence-electron chi connectivity index (χ1n) is 9.37. The zero-order valence-corrected chi connectivity index (χ0v) is 15.1. The van der Waals surface area contributed by atoms with Crippen molar-refractivity contribution in [1.29, 1.82) is 0 Å². The fourth-order valence-electron chi connectivity index (χ4n) is 5.62. The third-order valence-corrected chi connectivity index (χ3v) is 6.31. The smallest absolute Gasteiger partial charge is 0.312 e.